The van der Waals surface area contributed by atoms with Crippen LogP contribution in [0.4, 0.5) is 0 Å². The lowest BCUT2D eigenvalue weighted by molar-refractivity contribution is -0.146. The monoisotopic (exact) mass is 470 g/mol. The van der Waals surface area contributed by atoms with E-state index in [1.165, 1.54) is 4.57 Å². The van der Waals surface area contributed by atoms with Gasteiger partial charge in [-0.05, 0) is 68.8 Å². The number of imidazole rings is 1. The van der Waals surface area contributed by atoms with Crippen molar-refractivity contribution in [2.24, 2.45) is 5.92 Å². The summed E-state index contributed by atoms with van der Waals surface area (Å²) in [6.45, 7) is 8.86. The Bertz CT molecular complexity index is 1140. The second kappa shape index (κ2) is 10.1. The summed E-state index contributed by atoms with van der Waals surface area (Å²) < 4.78 is 8.54. The Morgan fingerprint density at radius 3 is 2.50 bits per heavy atom. The molecule has 1 aromatic heterocycles. The van der Waals surface area contributed by atoms with Gasteiger partial charge in [0.25, 0.3) is 0 Å². The molecule has 34 heavy (non-hydrogen) atoms. The van der Waals surface area contributed by atoms with Crippen LogP contribution in [-0.2, 0) is 25.7 Å². The van der Waals surface area contributed by atoms with Gasteiger partial charge in [0.1, 0.15) is 6.04 Å². The number of fused-ring (bicyclic) bond motifs is 1. The van der Waals surface area contributed by atoms with Crippen molar-refractivity contribution >= 4 is 28.8 Å². The van der Waals surface area contributed by atoms with E-state index >= 15 is 0 Å². The predicted molar refractivity (Wildman–Crippen MR) is 128 cm³/mol. The van der Waals surface area contributed by atoms with Crippen molar-refractivity contribution in [3.63, 3.8) is 0 Å². The van der Waals surface area contributed by atoms with Crippen LogP contribution in [0.25, 0.3) is 11.0 Å². The predicted octanol–water partition coefficient (Wildman–Crippen LogP) is 2.18. The minimum absolute atomic E-state index is 0.171. The van der Waals surface area contributed by atoms with Gasteiger partial charge in [0.05, 0.1) is 24.2 Å². The lowest BCUT2D eigenvalue weighted by Gasteiger charge is -2.31. The Labute approximate surface area is 199 Å². The Kier molecular flexibility index (Phi) is 7.21. The van der Waals surface area contributed by atoms with Crippen molar-refractivity contribution in [3.8, 4) is 0 Å². The summed E-state index contributed by atoms with van der Waals surface area (Å²) in [5, 5.41) is 2.36. The number of aromatic nitrogens is 2. The first kappa shape index (κ1) is 24.2. The number of rotatable bonds is 7. The SMILES string of the molecule is CCn1c(=O)n(C2CCC(=O)NC2=O)c2ccc(C3CCN(CC(=O)OCC(C)C)CC3)cc21. The van der Waals surface area contributed by atoms with E-state index in [0.717, 1.165) is 42.5 Å². The fourth-order valence-corrected chi connectivity index (χ4v) is 5.00. The van der Waals surface area contributed by atoms with Crippen molar-refractivity contribution in [2.45, 2.75) is 65.0 Å². The first-order valence-corrected chi connectivity index (χ1v) is 12.2. The van der Waals surface area contributed by atoms with Gasteiger partial charge in [0.15, 0.2) is 0 Å². The van der Waals surface area contributed by atoms with Crippen LogP contribution in [0.5, 0.6) is 0 Å². The highest BCUT2D eigenvalue weighted by molar-refractivity contribution is 6.00. The molecule has 2 saturated heterocycles. The number of likely N-dealkylation sites (tertiary alicyclic amines) is 1. The minimum Gasteiger partial charge on any atom is -0.464 e. The number of amides is 2. The van der Waals surface area contributed by atoms with E-state index in [1.54, 1.807) is 4.57 Å². The summed E-state index contributed by atoms with van der Waals surface area (Å²) in [5.74, 6) is -0.218. The standard InChI is InChI=1S/C25H34N4O5/c1-4-28-21-13-18(17-9-11-27(12-10-17)14-23(31)34-15-16(2)3)5-6-19(21)29(25(28)33)20-7-8-22(30)26-24(20)32/h5-6,13,16-17,20H,4,7-12,14-15H2,1-3H3,(H,26,30,32). The highest BCUT2D eigenvalue weighted by atomic mass is 16.5. The van der Waals surface area contributed by atoms with Crippen LogP contribution in [0.15, 0.2) is 23.0 Å². The Balaban J connectivity index is 1.50. The molecule has 9 nitrogen and oxygen atoms in total. The molecule has 0 spiro atoms. The molecule has 1 unspecified atom stereocenters. The molecule has 2 aliphatic heterocycles. The number of piperidine rings is 2. The number of hydrogen-bond donors (Lipinski definition) is 1. The summed E-state index contributed by atoms with van der Waals surface area (Å²) >= 11 is 0. The average Bonchev–Trinajstić information content (AvgIpc) is 3.08. The van der Waals surface area contributed by atoms with E-state index in [2.05, 4.69) is 16.3 Å². The van der Waals surface area contributed by atoms with Gasteiger partial charge in [-0.15, -0.1) is 0 Å². The zero-order valence-electron chi connectivity index (χ0n) is 20.2. The molecular formula is C25H34N4O5. The van der Waals surface area contributed by atoms with E-state index in [1.807, 2.05) is 32.9 Å². The van der Waals surface area contributed by atoms with Crippen LogP contribution in [0, 0.1) is 5.92 Å². The fraction of sp³-hybridized carbons (Fsp3) is 0.600. The number of nitrogens with one attached hydrogen (secondary N) is 1. The summed E-state index contributed by atoms with van der Waals surface area (Å²) in [4.78, 5) is 51.4. The second-order valence-corrected chi connectivity index (χ2v) is 9.74. The number of ether oxygens (including phenoxy) is 1. The van der Waals surface area contributed by atoms with Gasteiger partial charge < -0.3 is 4.74 Å². The molecule has 1 atom stereocenters. The van der Waals surface area contributed by atoms with Crippen LogP contribution in [0.1, 0.15) is 64.0 Å². The van der Waals surface area contributed by atoms with Gasteiger partial charge in [-0.25, -0.2) is 4.79 Å². The van der Waals surface area contributed by atoms with Gasteiger partial charge in [0.2, 0.25) is 11.8 Å². The van der Waals surface area contributed by atoms with E-state index < -0.39 is 11.9 Å². The quantitative estimate of drug-likeness (QED) is 0.492. The number of imide groups is 1. The third-order valence-corrected chi connectivity index (χ3v) is 6.81. The smallest absolute Gasteiger partial charge is 0.329 e. The number of hydrogen-bond acceptors (Lipinski definition) is 6. The molecular weight excluding hydrogens is 436 g/mol. The maximum atomic E-state index is 13.2. The van der Waals surface area contributed by atoms with Gasteiger partial charge in [-0.2, -0.15) is 0 Å². The molecule has 184 valence electrons. The molecule has 4 rings (SSSR count). The van der Waals surface area contributed by atoms with Crippen molar-refractivity contribution in [1.82, 2.24) is 19.4 Å². The van der Waals surface area contributed by atoms with Crippen LogP contribution in [0.3, 0.4) is 0 Å². The molecule has 9 heteroatoms. The van der Waals surface area contributed by atoms with E-state index in [0.29, 0.717) is 38.0 Å². The number of carbonyl (C=O) groups is 3. The third-order valence-electron chi connectivity index (χ3n) is 6.81. The number of aryl methyl sites for hydroxylation is 1. The molecule has 0 bridgehead atoms. The number of nitrogens with zero attached hydrogens (tertiary/aromatic N) is 3. The van der Waals surface area contributed by atoms with Crippen molar-refractivity contribution in [1.29, 1.82) is 0 Å². The van der Waals surface area contributed by atoms with Gasteiger partial charge in [-0.3, -0.25) is 33.7 Å². The van der Waals surface area contributed by atoms with Crippen molar-refractivity contribution in [2.75, 3.05) is 26.2 Å². The summed E-state index contributed by atoms with van der Waals surface area (Å²) in [5.41, 5.74) is 2.47. The molecule has 2 aromatic rings. The zero-order chi connectivity index (χ0) is 24.4. The van der Waals surface area contributed by atoms with E-state index in [9.17, 15) is 19.2 Å². The van der Waals surface area contributed by atoms with Crippen molar-refractivity contribution in [3.05, 3.63) is 34.2 Å². The summed E-state index contributed by atoms with van der Waals surface area (Å²) in [7, 11) is 0. The molecule has 1 N–H and O–H groups in total. The van der Waals surface area contributed by atoms with Gasteiger partial charge >= 0.3 is 11.7 Å². The summed E-state index contributed by atoms with van der Waals surface area (Å²) in [6, 6.07) is 5.36. The van der Waals surface area contributed by atoms with Gasteiger partial charge in [-0.1, -0.05) is 19.9 Å². The highest BCUT2D eigenvalue weighted by Gasteiger charge is 2.32. The van der Waals surface area contributed by atoms with Crippen LogP contribution in [0.2, 0.25) is 0 Å². The zero-order valence-corrected chi connectivity index (χ0v) is 20.2. The Morgan fingerprint density at radius 2 is 1.85 bits per heavy atom. The van der Waals surface area contributed by atoms with Crippen LogP contribution < -0.4 is 11.0 Å². The maximum Gasteiger partial charge on any atom is 0.329 e. The molecule has 1 aromatic carbocycles. The molecule has 0 radical (unpaired) electrons. The first-order valence-electron chi connectivity index (χ1n) is 12.2. The lowest BCUT2D eigenvalue weighted by atomic mass is 9.89. The largest absolute Gasteiger partial charge is 0.464 e. The van der Waals surface area contributed by atoms with E-state index in [-0.39, 0.29) is 24.0 Å². The Hall–Kier alpha value is -2.94. The molecule has 2 aliphatic rings. The molecule has 2 fully saturated rings. The molecule has 3 heterocycles. The lowest BCUT2D eigenvalue weighted by Crippen LogP contribution is -2.44. The maximum absolute atomic E-state index is 13.2. The molecule has 2 amide bonds. The fourth-order valence-electron chi connectivity index (χ4n) is 5.00. The normalized spacial score (nSPS) is 20.2. The minimum atomic E-state index is -0.676. The number of benzene rings is 1. The third kappa shape index (κ3) is 4.94. The summed E-state index contributed by atoms with van der Waals surface area (Å²) in [6.07, 6.45) is 2.40. The topological polar surface area (TPSA) is 103 Å². The van der Waals surface area contributed by atoms with Crippen LogP contribution >= 0.6 is 0 Å². The van der Waals surface area contributed by atoms with Crippen LogP contribution in [-0.4, -0.2) is 58.1 Å². The molecule has 0 aliphatic carbocycles. The van der Waals surface area contributed by atoms with Gasteiger partial charge in [0, 0.05) is 13.0 Å². The van der Waals surface area contributed by atoms with Crippen molar-refractivity contribution < 1.29 is 19.1 Å². The first-order chi connectivity index (χ1) is 16.3. The molecule has 0 saturated carbocycles. The average molecular weight is 471 g/mol. The highest BCUT2D eigenvalue weighted by Crippen LogP contribution is 2.31. The number of carbonyl (C=O) groups excluding carboxylic acids is 3. The number of esters is 1. The second-order valence-electron chi connectivity index (χ2n) is 9.74. The Morgan fingerprint density at radius 1 is 1.12 bits per heavy atom. The van der Waals surface area contributed by atoms with E-state index in [4.69, 9.17) is 4.74 Å².